The molecule has 1 atom stereocenters. The second-order valence-electron chi connectivity index (χ2n) is 4.66. The molecular formula is C12H14ClN3O4S. The van der Waals surface area contributed by atoms with Crippen LogP contribution in [0.3, 0.4) is 0 Å². The molecule has 3 heterocycles. The Bertz CT molecular complexity index is 761. The second-order valence-corrected chi connectivity index (χ2v) is 6.83. The predicted molar refractivity (Wildman–Crippen MR) is 75.8 cm³/mol. The van der Waals surface area contributed by atoms with Gasteiger partial charge >= 0.3 is 0 Å². The van der Waals surface area contributed by atoms with Crippen molar-refractivity contribution >= 4 is 27.3 Å². The molecule has 1 N–H and O–H groups in total. The number of morpholine rings is 1. The zero-order chi connectivity index (χ0) is 15.0. The summed E-state index contributed by atoms with van der Waals surface area (Å²) in [6.07, 6.45) is 1.59. The van der Waals surface area contributed by atoms with Gasteiger partial charge in [-0.1, -0.05) is 17.7 Å². The maximum atomic E-state index is 12.9. The summed E-state index contributed by atoms with van der Waals surface area (Å²) in [4.78, 5) is 4.05. The van der Waals surface area contributed by atoms with Crippen LogP contribution in [0.1, 0.15) is 0 Å². The molecule has 0 spiro atoms. The van der Waals surface area contributed by atoms with Gasteiger partial charge in [0.15, 0.2) is 10.2 Å². The molecule has 114 valence electrons. The molecule has 7 nitrogen and oxygen atoms in total. The van der Waals surface area contributed by atoms with E-state index in [2.05, 4.69) is 4.98 Å². The van der Waals surface area contributed by atoms with Crippen molar-refractivity contribution in [3.63, 3.8) is 0 Å². The molecule has 0 amide bonds. The number of fused-ring (bicyclic) bond motifs is 1. The summed E-state index contributed by atoms with van der Waals surface area (Å²) in [5.74, 6) is 0. The Hall–Kier alpha value is -1.19. The molecule has 0 aromatic carbocycles. The zero-order valence-electron chi connectivity index (χ0n) is 11.0. The minimum Gasteiger partial charge on any atom is -0.395 e. The number of hydrogen-bond acceptors (Lipinski definition) is 5. The molecule has 21 heavy (non-hydrogen) atoms. The van der Waals surface area contributed by atoms with Gasteiger partial charge in [-0.2, -0.15) is 4.31 Å². The molecule has 0 bridgehead atoms. The minimum absolute atomic E-state index is 0.0793. The normalized spacial score (nSPS) is 21.0. The minimum atomic E-state index is -3.88. The maximum Gasteiger partial charge on any atom is 0.262 e. The SMILES string of the molecule is O=S(=O)(c1c(Cl)nc2ccccn12)N1CCOCC1CO. The van der Waals surface area contributed by atoms with Crippen molar-refractivity contribution < 1.29 is 18.3 Å². The van der Waals surface area contributed by atoms with Gasteiger partial charge in [0.2, 0.25) is 0 Å². The fourth-order valence-corrected chi connectivity index (χ4v) is 4.57. The van der Waals surface area contributed by atoms with Crippen LogP contribution in [-0.4, -0.2) is 59.6 Å². The Kier molecular flexibility index (Phi) is 3.89. The van der Waals surface area contributed by atoms with Crippen molar-refractivity contribution in [3.8, 4) is 0 Å². The molecule has 2 aromatic heterocycles. The summed E-state index contributed by atoms with van der Waals surface area (Å²) in [6.45, 7) is 0.297. The van der Waals surface area contributed by atoms with Crippen molar-refractivity contribution in [2.24, 2.45) is 0 Å². The fraction of sp³-hybridized carbons (Fsp3) is 0.417. The van der Waals surface area contributed by atoms with Crippen molar-refractivity contribution in [3.05, 3.63) is 29.5 Å². The van der Waals surface area contributed by atoms with E-state index >= 15 is 0 Å². The van der Waals surface area contributed by atoms with Crippen LogP contribution in [0.5, 0.6) is 0 Å². The Morgan fingerprint density at radius 1 is 1.48 bits per heavy atom. The first-order valence-electron chi connectivity index (χ1n) is 6.38. The van der Waals surface area contributed by atoms with E-state index in [0.717, 1.165) is 0 Å². The number of imidazole rings is 1. The van der Waals surface area contributed by atoms with Gasteiger partial charge in [-0.05, 0) is 12.1 Å². The standard InChI is InChI=1S/C12H14ClN3O4S/c13-11-12(15-4-2-1-3-10(15)14-11)21(18,19)16-5-6-20-8-9(16)7-17/h1-4,9,17H,5-8H2. The molecule has 1 fully saturated rings. The largest absolute Gasteiger partial charge is 0.395 e. The van der Waals surface area contributed by atoms with E-state index in [-0.39, 0.29) is 36.5 Å². The van der Waals surface area contributed by atoms with E-state index in [9.17, 15) is 13.5 Å². The maximum absolute atomic E-state index is 12.9. The third-order valence-electron chi connectivity index (χ3n) is 3.38. The molecule has 1 unspecified atom stereocenters. The van der Waals surface area contributed by atoms with Crippen molar-refractivity contribution in [1.29, 1.82) is 0 Å². The Labute approximate surface area is 126 Å². The third-order valence-corrected chi connectivity index (χ3v) is 5.74. The number of halogens is 1. The fourth-order valence-electron chi connectivity index (χ4n) is 2.39. The lowest BCUT2D eigenvalue weighted by Gasteiger charge is -2.33. The van der Waals surface area contributed by atoms with Crippen molar-refractivity contribution in [2.75, 3.05) is 26.4 Å². The number of aromatic nitrogens is 2. The van der Waals surface area contributed by atoms with E-state index in [1.165, 1.54) is 8.71 Å². The van der Waals surface area contributed by atoms with Crippen LogP contribution in [-0.2, 0) is 14.8 Å². The van der Waals surface area contributed by atoms with E-state index < -0.39 is 16.1 Å². The van der Waals surface area contributed by atoms with Gasteiger partial charge in [0, 0.05) is 12.7 Å². The first kappa shape index (κ1) is 14.7. The van der Waals surface area contributed by atoms with Crippen LogP contribution in [0.25, 0.3) is 5.65 Å². The van der Waals surface area contributed by atoms with Crippen molar-refractivity contribution in [1.82, 2.24) is 13.7 Å². The summed E-state index contributed by atoms with van der Waals surface area (Å²) in [5.41, 5.74) is 0.454. The van der Waals surface area contributed by atoms with Gasteiger partial charge in [-0.25, -0.2) is 13.4 Å². The average Bonchev–Trinajstić information content (AvgIpc) is 2.83. The number of sulfonamides is 1. The van der Waals surface area contributed by atoms with Crippen LogP contribution in [0.4, 0.5) is 0 Å². The monoisotopic (exact) mass is 331 g/mol. The highest BCUT2D eigenvalue weighted by atomic mass is 35.5. The van der Waals surface area contributed by atoms with Gasteiger partial charge in [0.05, 0.1) is 25.9 Å². The molecule has 1 aliphatic rings. The van der Waals surface area contributed by atoms with Gasteiger partial charge in [0.25, 0.3) is 10.0 Å². The summed E-state index contributed by atoms with van der Waals surface area (Å²) in [5, 5.41) is 9.20. The molecule has 0 radical (unpaired) electrons. The second kappa shape index (κ2) is 5.54. The molecule has 1 aliphatic heterocycles. The summed E-state index contributed by atoms with van der Waals surface area (Å²) in [7, 11) is -3.88. The lowest BCUT2D eigenvalue weighted by molar-refractivity contribution is 0.0108. The van der Waals surface area contributed by atoms with E-state index in [1.807, 2.05) is 0 Å². The van der Waals surface area contributed by atoms with Crippen LogP contribution in [0.2, 0.25) is 5.15 Å². The predicted octanol–water partition coefficient (Wildman–Crippen LogP) is 0.370. The highest BCUT2D eigenvalue weighted by Crippen LogP contribution is 2.27. The number of aliphatic hydroxyl groups is 1. The van der Waals surface area contributed by atoms with Gasteiger partial charge in [-0.15, -0.1) is 0 Å². The molecule has 2 aromatic rings. The number of nitrogens with zero attached hydrogens (tertiary/aromatic N) is 3. The van der Waals surface area contributed by atoms with Crippen LogP contribution in [0.15, 0.2) is 29.4 Å². The Balaban J connectivity index is 2.14. The van der Waals surface area contributed by atoms with Gasteiger partial charge in [-0.3, -0.25) is 4.40 Å². The lowest BCUT2D eigenvalue weighted by atomic mass is 10.3. The van der Waals surface area contributed by atoms with Crippen molar-refractivity contribution in [2.45, 2.75) is 11.1 Å². The molecular weight excluding hydrogens is 318 g/mol. The highest BCUT2D eigenvalue weighted by molar-refractivity contribution is 7.89. The number of hydrogen-bond donors (Lipinski definition) is 1. The number of pyridine rings is 1. The third kappa shape index (κ3) is 2.43. The molecule has 1 saturated heterocycles. The Morgan fingerprint density at radius 3 is 3.05 bits per heavy atom. The zero-order valence-corrected chi connectivity index (χ0v) is 12.6. The quantitative estimate of drug-likeness (QED) is 0.878. The topological polar surface area (TPSA) is 84.1 Å². The average molecular weight is 332 g/mol. The molecule has 0 saturated carbocycles. The summed E-state index contributed by atoms with van der Waals surface area (Å²) >= 11 is 6.03. The van der Waals surface area contributed by atoms with E-state index in [1.54, 1.807) is 24.4 Å². The summed E-state index contributed by atoms with van der Waals surface area (Å²) < 4.78 is 33.6. The van der Waals surface area contributed by atoms with Crippen LogP contribution >= 0.6 is 11.6 Å². The number of aliphatic hydroxyl groups excluding tert-OH is 1. The highest BCUT2D eigenvalue weighted by Gasteiger charge is 2.37. The first-order valence-corrected chi connectivity index (χ1v) is 8.20. The first-order chi connectivity index (χ1) is 10.1. The van der Waals surface area contributed by atoms with E-state index in [0.29, 0.717) is 5.65 Å². The molecule has 3 rings (SSSR count). The Morgan fingerprint density at radius 2 is 2.29 bits per heavy atom. The number of ether oxygens (including phenoxy) is 1. The van der Waals surface area contributed by atoms with Crippen LogP contribution in [0, 0.1) is 0 Å². The van der Waals surface area contributed by atoms with Crippen LogP contribution < -0.4 is 0 Å². The molecule has 9 heteroatoms. The lowest BCUT2D eigenvalue weighted by Crippen LogP contribution is -2.50. The summed E-state index contributed by atoms with van der Waals surface area (Å²) in [6, 6.07) is 4.51. The molecule has 0 aliphatic carbocycles. The smallest absolute Gasteiger partial charge is 0.262 e. The van der Waals surface area contributed by atoms with E-state index in [4.69, 9.17) is 16.3 Å². The van der Waals surface area contributed by atoms with Gasteiger partial charge < -0.3 is 9.84 Å². The number of rotatable bonds is 3. The van der Waals surface area contributed by atoms with Gasteiger partial charge in [0.1, 0.15) is 5.65 Å².